The van der Waals surface area contributed by atoms with E-state index in [1.54, 1.807) is 6.07 Å². The number of carbonyl (C=O) groups excluding carboxylic acids is 1. The topological polar surface area (TPSA) is 65.4 Å². The van der Waals surface area contributed by atoms with Crippen LogP contribution in [0.4, 0.5) is 5.69 Å². The molecule has 2 aromatic rings. The van der Waals surface area contributed by atoms with Gasteiger partial charge in [0.1, 0.15) is 11.0 Å². The Hall–Kier alpha value is -2.16. The monoisotopic (exact) mass is 636 g/mol. The van der Waals surface area contributed by atoms with E-state index in [4.69, 9.17) is 9.15 Å². The molecule has 0 radical (unpaired) electrons. The zero-order valence-corrected chi connectivity index (χ0v) is 23.1. The van der Waals surface area contributed by atoms with E-state index >= 15 is 0 Å². The lowest BCUT2D eigenvalue weighted by molar-refractivity contribution is -0.496. The second-order valence-corrected chi connectivity index (χ2v) is 8.77. The molecule has 8 heteroatoms. The van der Waals surface area contributed by atoms with E-state index in [0.717, 1.165) is 55.2 Å². The Morgan fingerprint density at radius 2 is 1.79 bits per heavy atom. The zero-order valence-electron chi connectivity index (χ0n) is 18.4. The van der Waals surface area contributed by atoms with Gasteiger partial charge in [-0.3, -0.25) is 0 Å². The van der Waals surface area contributed by atoms with E-state index in [2.05, 4.69) is 42.2 Å². The zero-order chi connectivity index (χ0) is 22.8. The van der Waals surface area contributed by atoms with Crippen LogP contribution in [0.1, 0.15) is 24.2 Å². The van der Waals surface area contributed by atoms with Gasteiger partial charge in [0.15, 0.2) is 11.3 Å². The number of nitrogens with one attached hydrogen (secondary N) is 2. The summed E-state index contributed by atoms with van der Waals surface area (Å²) in [6.07, 6.45) is 0. The minimum Gasteiger partial charge on any atom is -1.00 e. The summed E-state index contributed by atoms with van der Waals surface area (Å²) in [5.41, 5.74) is 4.73. The maximum atomic E-state index is 12.6. The molecule has 0 atom stereocenters. The third-order valence-electron chi connectivity index (χ3n) is 5.27. The van der Waals surface area contributed by atoms with Crippen LogP contribution in [0.5, 0.6) is 0 Å². The first-order valence-electron chi connectivity index (χ1n) is 10.4. The second kappa shape index (κ2) is 10.8. The van der Waals surface area contributed by atoms with Gasteiger partial charge in [-0.2, -0.15) is 0 Å². The van der Waals surface area contributed by atoms with Crippen molar-refractivity contribution < 1.29 is 35.9 Å². The molecule has 0 bridgehead atoms. The van der Waals surface area contributed by atoms with Crippen molar-refractivity contribution in [1.29, 1.82) is 0 Å². The predicted molar refractivity (Wildman–Crippen MR) is 134 cm³/mol. The molecule has 0 amide bonds. The minimum atomic E-state index is -0.380. The normalized spacial score (nSPS) is 11.5. The molecule has 2 aromatic carbocycles. The lowest BCUT2D eigenvalue weighted by Gasteiger charge is -2.19. The number of fused-ring (bicyclic) bond motifs is 2. The average Bonchev–Trinajstić information content (AvgIpc) is 2.81. The summed E-state index contributed by atoms with van der Waals surface area (Å²) in [5, 5.41) is 5.19. The third kappa shape index (κ3) is 4.61. The number of methoxy groups -OCH3 is 1. The molecule has 1 aliphatic heterocycles. The Morgan fingerprint density at radius 3 is 2.48 bits per heavy atom. The fourth-order valence-electron chi connectivity index (χ4n) is 3.89. The molecular formula is C25H23Br3N2O3. The molecule has 0 aromatic heterocycles. The van der Waals surface area contributed by atoms with Crippen LogP contribution >= 0.6 is 31.9 Å². The molecule has 1 aliphatic carbocycles. The molecule has 0 spiro atoms. The highest BCUT2D eigenvalue weighted by atomic mass is 79.9. The van der Waals surface area contributed by atoms with Gasteiger partial charge in [0.05, 0.1) is 22.8 Å². The number of hydrogen-bond donors (Lipinski definition) is 2. The molecular weight excluding hydrogens is 616 g/mol. The van der Waals surface area contributed by atoms with Gasteiger partial charge in [-0.15, -0.1) is 0 Å². The number of carbonyl (C=O) groups is 1. The molecule has 2 aliphatic rings. The summed E-state index contributed by atoms with van der Waals surface area (Å²) in [6.45, 7) is 5.66. The van der Waals surface area contributed by atoms with Crippen molar-refractivity contribution in [3.8, 4) is 22.5 Å². The van der Waals surface area contributed by atoms with Crippen molar-refractivity contribution in [3.63, 3.8) is 0 Å². The van der Waals surface area contributed by atoms with Crippen molar-refractivity contribution >= 4 is 54.5 Å². The summed E-state index contributed by atoms with van der Waals surface area (Å²) in [6, 6.07) is 15.6. The quantitative estimate of drug-likeness (QED) is 0.259. The third-order valence-corrected chi connectivity index (χ3v) is 6.85. The van der Waals surface area contributed by atoms with E-state index in [0.29, 0.717) is 16.9 Å². The molecule has 0 unspecified atom stereocenters. The predicted octanol–water partition coefficient (Wildman–Crippen LogP) is 1.95. The molecule has 172 valence electrons. The fourth-order valence-corrected chi connectivity index (χ4v) is 5.02. The van der Waals surface area contributed by atoms with Crippen LogP contribution in [-0.2, 0) is 4.74 Å². The molecule has 0 saturated carbocycles. The standard InChI is InChI=1S/C25H22Br2N2O3.BrH/c1-4-28-18-12-10-16-20(14-8-6-7-9-15(14)25(30)31-3)17-11-13-19(29-5-2)22(27)24(17)32-23(16)21(18)26;/h6-13,28H,4-5H2,1-3H3;1H. The van der Waals surface area contributed by atoms with Gasteiger partial charge in [-0.1, -0.05) is 18.2 Å². The van der Waals surface area contributed by atoms with E-state index in [9.17, 15) is 4.79 Å². The van der Waals surface area contributed by atoms with Crippen LogP contribution in [0.3, 0.4) is 0 Å². The van der Waals surface area contributed by atoms with Gasteiger partial charge in [-0.25, -0.2) is 9.79 Å². The molecule has 0 saturated heterocycles. The van der Waals surface area contributed by atoms with Gasteiger partial charge >= 0.3 is 5.97 Å². The number of anilines is 1. The summed E-state index contributed by atoms with van der Waals surface area (Å²) in [7, 11) is 1.40. The highest BCUT2D eigenvalue weighted by Gasteiger charge is 2.25. The number of hydrogen-bond acceptors (Lipinski definition) is 4. The number of esters is 1. The Bertz CT molecular complexity index is 1370. The smallest absolute Gasteiger partial charge is 0.338 e. The van der Waals surface area contributed by atoms with E-state index < -0.39 is 0 Å². The van der Waals surface area contributed by atoms with Gasteiger partial charge in [0.2, 0.25) is 5.36 Å². The molecule has 5 nitrogen and oxygen atoms in total. The van der Waals surface area contributed by atoms with Crippen molar-refractivity contribution in [3.05, 3.63) is 68.4 Å². The first kappa shape index (κ1) is 25.5. The fraction of sp³-hybridized carbons (Fsp3) is 0.200. The average molecular weight is 639 g/mol. The lowest BCUT2D eigenvalue weighted by Crippen LogP contribution is -3.00. The first-order chi connectivity index (χ1) is 15.5. The van der Waals surface area contributed by atoms with Crippen LogP contribution in [0.25, 0.3) is 33.4 Å². The SMILES string of the molecule is CCNc1ccc2c(-c3ccccc3C(=O)OC)c3ccc(=[NH+]CC)c(Br)c-3oc2c1Br.[Br-]. The van der Waals surface area contributed by atoms with Crippen molar-refractivity contribution in [2.45, 2.75) is 13.8 Å². The van der Waals surface area contributed by atoms with Crippen molar-refractivity contribution in [2.24, 2.45) is 0 Å². The van der Waals surface area contributed by atoms with E-state index in [-0.39, 0.29) is 23.0 Å². The van der Waals surface area contributed by atoms with Crippen LogP contribution < -0.4 is 32.6 Å². The Kier molecular flexibility index (Phi) is 8.37. The van der Waals surface area contributed by atoms with E-state index in [1.165, 1.54) is 7.11 Å². The second-order valence-electron chi connectivity index (χ2n) is 7.18. The van der Waals surface area contributed by atoms with E-state index in [1.807, 2.05) is 56.3 Å². The number of halogens is 3. The van der Waals surface area contributed by atoms with Crippen LogP contribution in [-0.4, -0.2) is 26.2 Å². The molecule has 2 N–H and O–H groups in total. The summed E-state index contributed by atoms with van der Waals surface area (Å²) < 4.78 is 13.2. The molecule has 4 rings (SSSR count). The Balaban J connectivity index is 0.00000306. The maximum Gasteiger partial charge on any atom is 0.338 e. The van der Waals surface area contributed by atoms with Gasteiger partial charge in [0, 0.05) is 29.1 Å². The maximum absolute atomic E-state index is 12.6. The number of ether oxygens (including phenoxy) is 1. The van der Waals surface area contributed by atoms with Crippen LogP contribution in [0.2, 0.25) is 0 Å². The van der Waals surface area contributed by atoms with Gasteiger partial charge in [-0.05, 0) is 75.5 Å². The van der Waals surface area contributed by atoms with Crippen molar-refractivity contribution in [1.82, 2.24) is 0 Å². The highest BCUT2D eigenvalue weighted by Crippen LogP contribution is 2.46. The number of rotatable bonds is 5. The Labute approximate surface area is 219 Å². The first-order valence-corrected chi connectivity index (χ1v) is 12.0. The summed E-state index contributed by atoms with van der Waals surface area (Å²) in [4.78, 5) is 16.0. The summed E-state index contributed by atoms with van der Waals surface area (Å²) >= 11 is 7.46. The number of benzene rings is 3. The largest absolute Gasteiger partial charge is 1.00 e. The van der Waals surface area contributed by atoms with Crippen molar-refractivity contribution in [2.75, 3.05) is 25.5 Å². The van der Waals surface area contributed by atoms with Crippen LogP contribution in [0.15, 0.2) is 61.9 Å². The van der Waals surface area contributed by atoms with Gasteiger partial charge in [0.25, 0.3) is 0 Å². The summed E-state index contributed by atoms with van der Waals surface area (Å²) in [5.74, 6) is 0.314. The lowest BCUT2D eigenvalue weighted by atomic mass is 9.90. The minimum absolute atomic E-state index is 0. The molecule has 0 fully saturated rings. The Morgan fingerprint density at radius 1 is 1.03 bits per heavy atom. The highest BCUT2D eigenvalue weighted by molar-refractivity contribution is 9.11. The molecule has 33 heavy (non-hydrogen) atoms. The van der Waals surface area contributed by atoms with Crippen LogP contribution in [0, 0.1) is 0 Å². The van der Waals surface area contributed by atoms with Gasteiger partial charge < -0.3 is 31.5 Å². The molecule has 1 heterocycles.